The first-order chi connectivity index (χ1) is 8.91. The van der Waals surface area contributed by atoms with Gasteiger partial charge in [0, 0.05) is 19.1 Å². The van der Waals surface area contributed by atoms with E-state index in [9.17, 15) is 0 Å². The van der Waals surface area contributed by atoms with Crippen molar-refractivity contribution in [1.29, 1.82) is 0 Å². The van der Waals surface area contributed by atoms with Crippen LogP contribution in [-0.2, 0) is 0 Å². The number of hydrogen-bond donors (Lipinski definition) is 1. The number of rotatable bonds is 6. The maximum atomic E-state index is 3.73. The summed E-state index contributed by atoms with van der Waals surface area (Å²) in [5, 5.41) is 3.73. The summed E-state index contributed by atoms with van der Waals surface area (Å²) in [6.45, 7) is 13.2. The maximum Gasteiger partial charge on any atom is 0.0108 e. The van der Waals surface area contributed by atoms with Crippen molar-refractivity contribution in [2.24, 2.45) is 23.2 Å². The Morgan fingerprint density at radius 3 is 2.42 bits per heavy atom. The third-order valence-corrected chi connectivity index (χ3v) is 5.35. The van der Waals surface area contributed by atoms with Gasteiger partial charge in [-0.05, 0) is 62.4 Å². The molecular weight excluding hydrogens is 232 g/mol. The molecule has 0 spiro atoms. The number of nitrogens with zero attached hydrogens (tertiary/aromatic N) is 1. The minimum Gasteiger partial charge on any atom is -0.314 e. The fourth-order valence-corrected chi connectivity index (χ4v) is 3.99. The molecule has 0 aromatic carbocycles. The van der Waals surface area contributed by atoms with Crippen LogP contribution in [-0.4, -0.2) is 37.6 Å². The van der Waals surface area contributed by atoms with Gasteiger partial charge in [-0.3, -0.25) is 0 Å². The predicted octanol–water partition coefficient (Wildman–Crippen LogP) is 3.38. The second-order valence-electron chi connectivity index (χ2n) is 8.03. The minimum absolute atomic E-state index is 0.546. The monoisotopic (exact) mass is 266 g/mol. The van der Waals surface area contributed by atoms with Crippen LogP contribution in [0.5, 0.6) is 0 Å². The highest BCUT2D eigenvalue weighted by Crippen LogP contribution is 2.40. The zero-order valence-corrected chi connectivity index (χ0v) is 13.7. The van der Waals surface area contributed by atoms with E-state index in [-0.39, 0.29) is 0 Å². The molecule has 0 radical (unpaired) electrons. The summed E-state index contributed by atoms with van der Waals surface area (Å²) in [4.78, 5) is 2.60. The molecule has 2 heteroatoms. The second kappa shape index (κ2) is 6.13. The molecule has 4 atom stereocenters. The Bertz CT molecular complexity index is 287. The van der Waals surface area contributed by atoms with Crippen LogP contribution in [0.4, 0.5) is 0 Å². The summed E-state index contributed by atoms with van der Waals surface area (Å²) in [7, 11) is 2.33. The number of hydrogen-bond acceptors (Lipinski definition) is 2. The van der Waals surface area contributed by atoms with Crippen molar-refractivity contribution in [1.82, 2.24) is 10.2 Å². The summed E-state index contributed by atoms with van der Waals surface area (Å²) in [5.41, 5.74) is 0.546. The average molecular weight is 266 g/mol. The van der Waals surface area contributed by atoms with E-state index >= 15 is 0 Å². The molecule has 2 aliphatic carbocycles. The largest absolute Gasteiger partial charge is 0.314 e. The van der Waals surface area contributed by atoms with E-state index in [2.05, 4.69) is 45.0 Å². The van der Waals surface area contributed by atoms with Crippen molar-refractivity contribution in [2.75, 3.05) is 26.7 Å². The molecule has 2 fully saturated rings. The van der Waals surface area contributed by atoms with Crippen LogP contribution in [0.15, 0.2) is 0 Å². The molecule has 0 saturated heterocycles. The lowest BCUT2D eigenvalue weighted by atomic mass is 9.69. The van der Waals surface area contributed by atoms with Gasteiger partial charge in [-0.25, -0.2) is 0 Å². The van der Waals surface area contributed by atoms with Gasteiger partial charge >= 0.3 is 0 Å². The molecule has 2 saturated carbocycles. The second-order valence-corrected chi connectivity index (χ2v) is 8.03. The smallest absolute Gasteiger partial charge is 0.0108 e. The summed E-state index contributed by atoms with van der Waals surface area (Å²) in [5.74, 6) is 2.80. The van der Waals surface area contributed by atoms with Gasteiger partial charge in [0.05, 0.1) is 0 Å². The molecular formula is C17H34N2. The molecule has 2 aliphatic rings. The maximum absolute atomic E-state index is 3.73. The molecule has 0 aliphatic heterocycles. The lowest BCUT2D eigenvalue weighted by molar-refractivity contribution is 0.107. The van der Waals surface area contributed by atoms with Crippen molar-refractivity contribution in [3.05, 3.63) is 0 Å². The zero-order valence-electron chi connectivity index (χ0n) is 13.7. The first-order valence-electron chi connectivity index (χ1n) is 8.33. The highest BCUT2D eigenvalue weighted by molar-refractivity contribution is 4.91. The van der Waals surface area contributed by atoms with Gasteiger partial charge in [-0.2, -0.15) is 0 Å². The molecule has 1 N–H and O–H groups in total. The lowest BCUT2D eigenvalue weighted by Gasteiger charge is -2.42. The Labute approximate surface area is 120 Å². The average Bonchev–Trinajstić information content (AvgIpc) is 2.97. The topological polar surface area (TPSA) is 15.3 Å². The Hall–Kier alpha value is -0.0800. The fourth-order valence-electron chi connectivity index (χ4n) is 3.99. The van der Waals surface area contributed by atoms with E-state index < -0.39 is 0 Å². The van der Waals surface area contributed by atoms with Crippen molar-refractivity contribution >= 4 is 0 Å². The summed E-state index contributed by atoms with van der Waals surface area (Å²) in [6, 6.07) is 0.747. The van der Waals surface area contributed by atoms with Gasteiger partial charge < -0.3 is 10.2 Å². The first kappa shape index (κ1) is 15.3. The SMILES string of the molecule is CCNC1CCC(C)(C)CC1CN(C)CC1CC1C. The molecule has 0 aromatic rings. The number of nitrogens with one attached hydrogen (secondary N) is 1. The highest BCUT2D eigenvalue weighted by atomic mass is 15.1. The van der Waals surface area contributed by atoms with Crippen LogP contribution in [0.25, 0.3) is 0 Å². The molecule has 19 heavy (non-hydrogen) atoms. The fraction of sp³-hybridized carbons (Fsp3) is 1.00. The van der Waals surface area contributed by atoms with Crippen molar-refractivity contribution < 1.29 is 0 Å². The Morgan fingerprint density at radius 2 is 1.84 bits per heavy atom. The highest BCUT2D eigenvalue weighted by Gasteiger charge is 2.37. The molecule has 2 nitrogen and oxygen atoms in total. The van der Waals surface area contributed by atoms with Crippen LogP contribution in [0.2, 0.25) is 0 Å². The van der Waals surface area contributed by atoms with E-state index in [1.807, 2.05) is 0 Å². The summed E-state index contributed by atoms with van der Waals surface area (Å²) in [6.07, 6.45) is 5.58. The molecule has 0 heterocycles. The van der Waals surface area contributed by atoms with Crippen molar-refractivity contribution in [2.45, 2.75) is 59.4 Å². The standard InChI is InChI=1S/C17H34N2/c1-6-18-16-7-8-17(3,4)10-15(16)12-19(5)11-14-9-13(14)2/h13-16,18H,6-12H2,1-5H3. The Kier molecular flexibility index (Phi) is 4.94. The van der Waals surface area contributed by atoms with Gasteiger partial charge in [0.25, 0.3) is 0 Å². The molecule has 4 unspecified atom stereocenters. The summed E-state index contributed by atoms with van der Waals surface area (Å²) >= 11 is 0. The van der Waals surface area contributed by atoms with Gasteiger partial charge in [-0.1, -0.05) is 27.7 Å². The lowest BCUT2D eigenvalue weighted by Crippen LogP contribution is -2.47. The Balaban J connectivity index is 1.85. The third-order valence-electron chi connectivity index (χ3n) is 5.35. The molecule has 0 bridgehead atoms. The quantitative estimate of drug-likeness (QED) is 0.793. The van der Waals surface area contributed by atoms with Crippen LogP contribution in [0.1, 0.15) is 53.4 Å². The first-order valence-corrected chi connectivity index (χ1v) is 8.33. The van der Waals surface area contributed by atoms with E-state index in [0.29, 0.717) is 5.41 Å². The van der Waals surface area contributed by atoms with Gasteiger partial charge in [-0.15, -0.1) is 0 Å². The van der Waals surface area contributed by atoms with Gasteiger partial charge in [0.15, 0.2) is 0 Å². The van der Waals surface area contributed by atoms with E-state index in [1.165, 1.54) is 38.8 Å². The zero-order chi connectivity index (χ0) is 14.0. The Morgan fingerprint density at radius 1 is 1.21 bits per heavy atom. The van der Waals surface area contributed by atoms with E-state index in [0.717, 1.165) is 30.3 Å². The normalized spacial score (nSPS) is 37.6. The summed E-state index contributed by atoms with van der Waals surface area (Å²) < 4.78 is 0. The predicted molar refractivity (Wildman–Crippen MR) is 83.4 cm³/mol. The molecule has 0 aromatic heterocycles. The molecule has 112 valence electrons. The van der Waals surface area contributed by atoms with Crippen LogP contribution < -0.4 is 5.32 Å². The van der Waals surface area contributed by atoms with Gasteiger partial charge in [0.1, 0.15) is 0 Å². The molecule has 0 amide bonds. The van der Waals surface area contributed by atoms with Crippen molar-refractivity contribution in [3.63, 3.8) is 0 Å². The van der Waals surface area contributed by atoms with Crippen LogP contribution in [0, 0.1) is 23.2 Å². The third kappa shape index (κ3) is 4.46. The molecule has 2 rings (SSSR count). The van der Waals surface area contributed by atoms with Crippen LogP contribution >= 0.6 is 0 Å². The minimum atomic E-state index is 0.546. The van der Waals surface area contributed by atoms with Gasteiger partial charge in [0.2, 0.25) is 0 Å². The van der Waals surface area contributed by atoms with Crippen molar-refractivity contribution in [3.8, 4) is 0 Å². The van der Waals surface area contributed by atoms with Crippen LogP contribution in [0.3, 0.4) is 0 Å². The van der Waals surface area contributed by atoms with E-state index in [4.69, 9.17) is 0 Å². The van der Waals surface area contributed by atoms with E-state index in [1.54, 1.807) is 0 Å².